The summed E-state index contributed by atoms with van der Waals surface area (Å²) < 4.78 is 0. The molecule has 1 aromatic carbocycles. The average Bonchev–Trinajstić information content (AvgIpc) is 2.73. The number of aromatic carboxylic acids is 1. The molecule has 3 N–H and O–H groups in total. The first-order valence-corrected chi connectivity index (χ1v) is 5.90. The van der Waals surface area contributed by atoms with Crippen molar-refractivity contribution >= 4 is 11.7 Å². The molecule has 2 atom stereocenters. The SMILES string of the molecule is O=C(O)c1cccc(NCC2CCC(O)C2)c1. The standard InChI is InChI=1S/C13H17NO3/c15-12-5-4-9(6-12)8-14-11-3-1-2-10(7-11)13(16)17/h1-3,7,9,12,14-15H,4-6,8H2,(H,16,17). The van der Waals surface area contributed by atoms with Gasteiger partial charge in [-0.05, 0) is 43.4 Å². The van der Waals surface area contributed by atoms with Gasteiger partial charge in [0.25, 0.3) is 0 Å². The lowest BCUT2D eigenvalue weighted by molar-refractivity contribution is 0.0697. The molecule has 1 fully saturated rings. The van der Waals surface area contributed by atoms with Gasteiger partial charge in [0.05, 0.1) is 11.7 Å². The average molecular weight is 235 g/mol. The zero-order valence-corrected chi connectivity index (χ0v) is 9.60. The van der Waals surface area contributed by atoms with E-state index in [0.717, 1.165) is 31.5 Å². The van der Waals surface area contributed by atoms with Gasteiger partial charge >= 0.3 is 5.97 Å². The molecular weight excluding hydrogens is 218 g/mol. The Hall–Kier alpha value is -1.55. The molecule has 0 bridgehead atoms. The van der Waals surface area contributed by atoms with Crippen LogP contribution in [0.2, 0.25) is 0 Å². The summed E-state index contributed by atoms with van der Waals surface area (Å²) in [5.74, 6) is -0.427. The van der Waals surface area contributed by atoms with Gasteiger partial charge in [-0.3, -0.25) is 0 Å². The second-order valence-electron chi connectivity index (χ2n) is 4.60. The smallest absolute Gasteiger partial charge is 0.335 e. The molecule has 0 radical (unpaired) electrons. The number of hydrogen-bond donors (Lipinski definition) is 3. The topological polar surface area (TPSA) is 69.6 Å². The van der Waals surface area contributed by atoms with Crippen molar-refractivity contribution in [3.05, 3.63) is 29.8 Å². The molecule has 0 amide bonds. The third-order valence-electron chi connectivity index (χ3n) is 3.22. The van der Waals surface area contributed by atoms with Gasteiger partial charge in [-0.1, -0.05) is 6.07 Å². The lowest BCUT2D eigenvalue weighted by Gasteiger charge is -2.12. The third kappa shape index (κ3) is 3.20. The molecule has 0 aromatic heterocycles. The molecule has 2 rings (SSSR count). The van der Waals surface area contributed by atoms with Crippen molar-refractivity contribution in [3.8, 4) is 0 Å². The van der Waals surface area contributed by atoms with Crippen molar-refractivity contribution in [3.63, 3.8) is 0 Å². The molecule has 1 saturated carbocycles. The molecule has 4 nitrogen and oxygen atoms in total. The van der Waals surface area contributed by atoms with E-state index >= 15 is 0 Å². The fourth-order valence-electron chi connectivity index (χ4n) is 2.26. The van der Waals surface area contributed by atoms with Crippen molar-refractivity contribution < 1.29 is 15.0 Å². The minimum Gasteiger partial charge on any atom is -0.478 e. The van der Waals surface area contributed by atoms with Crippen LogP contribution in [0.1, 0.15) is 29.6 Å². The van der Waals surface area contributed by atoms with Gasteiger partial charge in [0.15, 0.2) is 0 Å². The number of carboxylic acid groups (broad SMARTS) is 1. The van der Waals surface area contributed by atoms with Crippen LogP contribution < -0.4 is 5.32 Å². The maximum absolute atomic E-state index is 10.8. The zero-order valence-electron chi connectivity index (χ0n) is 9.60. The summed E-state index contributed by atoms with van der Waals surface area (Å²) in [7, 11) is 0. The fraction of sp³-hybridized carbons (Fsp3) is 0.462. The van der Waals surface area contributed by atoms with E-state index in [1.54, 1.807) is 18.2 Å². The molecule has 4 heteroatoms. The number of anilines is 1. The predicted octanol–water partition coefficient (Wildman–Crippen LogP) is 1.96. The largest absolute Gasteiger partial charge is 0.478 e. The molecule has 0 heterocycles. The van der Waals surface area contributed by atoms with Gasteiger partial charge in [0.2, 0.25) is 0 Å². The summed E-state index contributed by atoms with van der Waals surface area (Å²) in [6.07, 6.45) is 2.59. The molecule has 1 aromatic rings. The first-order chi connectivity index (χ1) is 8.15. The van der Waals surface area contributed by atoms with Gasteiger partial charge in [0.1, 0.15) is 0 Å². The number of rotatable bonds is 4. The van der Waals surface area contributed by atoms with E-state index in [0.29, 0.717) is 11.5 Å². The molecular formula is C13H17NO3. The van der Waals surface area contributed by atoms with Crippen LogP contribution in [0.4, 0.5) is 5.69 Å². The maximum atomic E-state index is 10.8. The van der Waals surface area contributed by atoms with E-state index in [1.807, 2.05) is 6.07 Å². The Balaban J connectivity index is 1.90. The summed E-state index contributed by atoms with van der Waals surface area (Å²) in [6.45, 7) is 0.792. The minimum atomic E-state index is -0.912. The molecule has 0 saturated heterocycles. The van der Waals surface area contributed by atoms with E-state index in [9.17, 15) is 9.90 Å². The van der Waals surface area contributed by atoms with Crippen molar-refractivity contribution in [2.75, 3.05) is 11.9 Å². The second-order valence-corrected chi connectivity index (χ2v) is 4.60. The van der Waals surface area contributed by atoms with Crippen molar-refractivity contribution in [2.45, 2.75) is 25.4 Å². The zero-order chi connectivity index (χ0) is 12.3. The summed E-state index contributed by atoms with van der Waals surface area (Å²) in [5.41, 5.74) is 1.12. The Labute approximate surface area is 100 Å². The molecule has 0 spiro atoms. The number of aliphatic hydroxyl groups is 1. The van der Waals surface area contributed by atoms with Crippen LogP contribution in [0.3, 0.4) is 0 Å². The number of aliphatic hydroxyl groups excluding tert-OH is 1. The van der Waals surface area contributed by atoms with Crippen LogP contribution in [0.5, 0.6) is 0 Å². The second kappa shape index (κ2) is 5.19. The van der Waals surface area contributed by atoms with E-state index in [2.05, 4.69) is 5.32 Å². The Morgan fingerprint density at radius 3 is 2.88 bits per heavy atom. The molecule has 1 aliphatic rings. The number of hydrogen-bond acceptors (Lipinski definition) is 3. The highest BCUT2D eigenvalue weighted by atomic mass is 16.4. The third-order valence-corrected chi connectivity index (χ3v) is 3.22. The van der Waals surface area contributed by atoms with Crippen LogP contribution in [0.15, 0.2) is 24.3 Å². The number of nitrogens with one attached hydrogen (secondary N) is 1. The maximum Gasteiger partial charge on any atom is 0.335 e. The van der Waals surface area contributed by atoms with Crippen LogP contribution in [-0.4, -0.2) is 28.8 Å². The van der Waals surface area contributed by atoms with Crippen LogP contribution in [0.25, 0.3) is 0 Å². The van der Waals surface area contributed by atoms with Gasteiger partial charge in [-0.25, -0.2) is 4.79 Å². The van der Waals surface area contributed by atoms with E-state index < -0.39 is 5.97 Å². The normalized spacial score (nSPS) is 23.6. The van der Waals surface area contributed by atoms with Gasteiger partial charge in [0, 0.05) is 12.2 Å². The lowest BCUT2D eigenvalue weighted by Crippen LogP contribution is -2.12. The number of benzene rings is 1. The van der Waals surface area contributed by atoms with E-state index in [1.165, 1.54) is 0 Å². The lowest BCUT2D eigenvalue weighted by atomic mass is 10.1. The van der Waals surface area contributed by atoms with Crippen LogP contribution >= 0.6 is 0 Å². The molecule has 17 heavy (non-hydrogen) atoms. The molecule has 0 aliphatic heterocycles. The highest BCUT2D eigenvalue weighted by Crippen LogP contribution is 2.25. The van der Waals surface area contributed by atoms with Crippen LogP contribution in [0, 0.1) is 5.92 Å². The summed E-state index contributed by atoms with van der Waals surface area (Å²) in [4.78, 5) is 10.8. The monoisotopic (exact) mass is 235 g/mol. The van der Waals surface area contributed by atoms with E-state index in [-0.39, 0.29) is 6.10 Å². The van der Waals surface area contributed by atoms with Crippen molar-refractivity contribution in [2.24, 2.45) is 5.92 Å². The Morgan fingerprint density at radius 2 is 2.24 bits per heavy atom. The molecule has 92 valence electrons. The van der Waals surface area contributed by atoms with Gasteiger partial charge < -0.3 is 15.5 Å². The summed E-state index contributed by atoms with van der Waals surface area (Å²) >= 11 is 0. The Kier molecular flexibility index (Phi) is 3.64. The Bertz CT molecular complexity index is 405. The minimum absolute atomic E-state index is 0.160. The first kappa shape index (κ1) is 11.9. The summed E-state index contributed by atoms with van der Waals surface area (Å²) in [5, 5.41) is 21.5. The highest BCUT2D eigenvalue weighted by molar-refractivity contribution is 5.88. The molecule has 2 unspecified atom stereocenters. The highest BCUT2D eigenvalue weighted by Gasteiger charge is 2.22. The fourth-order valence-corrected chi connectivity index (χ4v) is 2.26. The van der Waals surface area contributed by atoms with Crippen molar-refractivity contribution in [1.82, 2.24) is 0 Å². The first-order valence-electron chi connectivity index (χ1n) is 5.90. The number of carbonyl (C=O) groups is 1. The van der Waals surface area contributed by atoms with Crippen molar-refractivity contribution in [1.29, 1.82) is 0 Å². The summed E-state index contributed by atoms with van der Waals surface area (Å²) in [6, 6.07) is 6.80. The van der Waals surface area contributed by atoms with E-state index in [4.69, 9.17) is 5.11 Å². The quantitative estimate of drug-likeness (QED) is 0.746. The van der Waals surface area contributed by atoms with Crippen LogP contribution in [-0.2, 0) is 0 Å². The number of carboxylic acids is 1. The van der Waals surface area contributed by atoms with Gasteiger partial charge in [-0.2, -0.15) is 0 Å². The molecule has 1 aliphatic carbocycles. The van der Waals surface area contributed by atoms with Gasteiger partial charge in [-0.15, -0.1) is 0 Å². The predicted molar refractivity (Wildman–Crippen MR) is 65.2 cm³/mol. The Morgan fingerprint density at radius 1 is 1.41 bits per heavy atom.